The van der Waals surface area contributed by atoms with Crippen molar-refractivity contribution in [2.45, 2.75) is 32.2 Å². The van der Waals surface area contributed by atoms with Gasteiger partial charge in [0.25, 0.3) is 0 Å². The van der Waals surface area contributed by atoms with Crippen LogP contribution in [0, 0.1) is 0 Å². The van der Waals surface area contributed by atoms with Gasteiger partial charge in [0, 0.05) is 17.8 Å². The van der Waals surface area contributed by atoms with Crippen LogP contribution in [0.1, 0.15) is 30.9 Å². The number of nitrogens with one attached hydrogen (secondary N) is 2. The van der Waals surface area contributed by atoms with Crippen molar-refractivity contribution < 1.29 is 14.7 Å². The van der Waals surface area contributed by atoms with Crippen LogP contribution in [-0.2, 0) is 11.2 Å². The second kappa shape index (κ2) is 6.23. The summed E-state index contributed by atoms with van der Waals surface area (Å²) < 4.78 is 0. The lowest BCUT2D eigenvalue weighted by Crippen LogP contribution is -2.30. The van der Waals surface area contributed by atoms with Gasteiger partial charge in [0.1, 0.15) is 0 Å². The van der Waals surface area contributed by atoms with Crippen molar-refractivity contribution in [2.75, 3.05) is 5.32 Å². The Morgan fingerprint density at radius 1 is 1.40 bits per heavy atom. The molecule has 2 amide bonds. The molecule has 1 aromatic carbocycles. The van der Waals surface area contributed by atoms with Gasteiger partial charge in [-0.25, -0.2) is 9.59 Å². The molecule has 106 valence electrons. The molecule has 1 aliphatic rings. The SMILES string of the molecule is CCc1cc(/C=C/C(=O)O)ccc1NC(=O)NC1CC1. The Labute approximate surface area is 117 Å². The molecule has 3 N–H and O–H groups in total. The van der Waals surface area contributed by atoms with Crippen molar-refractivity contribution in [2.24, 2.45) is 0 Å². The summed E-state index contributed by atoms with van der Waals surface area (Å²) in [6.07, 6.45) is 5.49. The zero-order valence-electron chi connectivity index (χ0n) is 11.3. The van der Waals surface area contributed by atoms with E-state index in [4.69, 9.17) is 5.11 Å². The van der Waals surface area contributed by atoms with Gasteiger partial charge < -0.3 is 15.7 Å². The Bertz CT molecular complexity index is 548. The second-order valence-electron chi connectivity index (χ2n) is 4.81. The number of urea groups is 1. The average Bonchev–Trinajstić information content (AvgIpc) is 3.21. The molecule has 5 nitrogen and oxygen atoms in total. The quantitative estimate of drug-likeness (QED) is 0.722. The second-order valence-corrected chi connectivity index (χ2v) is 4.81. The summed E-state index contributed by atoms with van der Waals surface area (Å²) in [6, 6.07) is 5.60. The molecule has 0 aliphatic heterocycles. The van der Waals surface area contributed by atoms with E-state index in [1.54, 1.807) is 12.1 Å². The summed E-state index contributed by atoms with van der Waals surface area (Å²) in [5.41, 5.74) is 2.54. The van der Waals surface area contributed by atoms with Crippen LogP contribution in [0.2, 0.25) is 0 Å². The summed E-state index contributed by atoms with van der Waals surface area (Å²) in [6.45, 7) is 1.99. The summed E-state index contributed by atoms with van der Waals surface area (Å²) in [5, 5.41) is 14.3. The van der Waals surface area contributed by atoms with Gasteiger partial charge in [-0.05, 0) is 48.6 Å². The largest absolute Gasteiger partial charge is 0.478 e. The van der Waals surface area contributed by atoms with E-state index in [0.717, 1.165) is 42.2 Å². The molecular formula is C15H18N2O3. The molecule has 1 fully saturated rings. The van der Waals surface area contributed by atoms with E-state index < -0.39 is 5.97 Å². The maximum Gasteiger partial charge on any atom is 0.328 e. The third-order valence-electron chi connectivity index (χ3n) is 3.09. The number of aliphatic carboxylic acids is 1. The fourth-order valence-corrected chi connectivity index (χ4v) is 1.87. The molecule has 0 heterocycles. The Balaban J connectivity index is 2.08. The third-order valence-corrected chi connectivity index (χ3v) is 3.09. The first kappa shape index (κ1) is 14.1. The number of hydrogen-bond donors (Lipinski definition) is 3. The molecule has 0 bridgehead atoms. The van der Waals surface area contributed by atoms with E-state index in [0.29, 0.717) is 6.04 Å². The lowest BCUT2D eigenvalue weighted by atomic mass is 10.1. The Kier molecular flexibility index (Phi) is 4.40. The van der Waals surface area contributed by atoms with Crippen molar-refractivity contribution in [1.82, 2.24) is 5.32 Å². The van der Waals surface area contributed by atoms with E-state index in [9.17, 15) is 9.59 Å². The number of carbonyl (C=O) groups is 2. The molecule has 5 heteroatoms. The summed E-state index contributed by atoms with van der Waals surface area (Å²) in [5.74, 6) is -0.978. The van der Waals surface area contributed by atoms with Crippen molar-refractivity contribution in [1.29, 1.82) is 0 Å². The maximum atomic E-state index is 11.7. The van der Waals surface area contributed by atoms with Crippen LogP contribution in [0.15, 0.2) is 24.3 Å². The smallest absolute Gasteiger partial charge is 0.328 e. The molecule has 0 spiro atoms. The normalized spacial score (nSPS) is 14.2. The van der Waals surface area contributed by atoms with Crippen LogP contribution >= 0.6 is 0 Å². The van der Waals surface area contributed by atoms with Gasteiger partial charge in [0.15, 0.2) is 0 Å². The van der Waals surface area contributed by atoms with E-state index >= 15 is 0 Å². The van der Waals surface area contributed by atoms with Gasteiger partial charge in [0.2, 0.25) is 0 Å². The summed E-state index contributed by atoms with van der Waals surface area (Å²) in [4.78, 5) is 22.2. The number of amides is 2. The predicted octanol–water partition coefficient (Wildman–Crippen LogP) is 2.63. The molecule has 0 radical (unpaired) electrons. The Morgan fingerprint density at radius 2 is 2.15 bits per heavy atom. The van der Waals surface area contributed by atoms with Gasteiger partial charge >= 0.3 is 12.0 Å². The van der Waals surface area contributed by atoms with E-state index in [-0.39, 0.29) is 6.03 Å². The van der Waals surface area contributed by atoms with Gasteiger partial charge in [-0.1, -0.05) is 13.0 Å². The van der Waals surface area contributed by atoms with E-state index in [2.05, 4.69) is 10.6 Å². The fraction of sp³-hybridized carbons (Fsp3) is 0.333. The molecular weight excluding hydrogens is 256 g/mol. The average molecular weight is 274 g/mol. The number of carbonyl (C=O) groups excluding carboxylic acids is 1. The van der Waals surface area contributed by atoms with E-state index in [1.165, 1.54) is 6.08 Å². The number of rotatable bonds is 5. The molecule has 0 unspecified atom stereocenters. The van der Waals surface area contributed by atoms with Crippen LogP contribution < -0.4 is 10.6 Å². The standard InChI is InChI=1S/C15H18N2O3/c1-2-11-9-10(4-8-14(18)19)3-7-13(11)17-15(20)16-12-5-6-12/h3-4,7-9,12H,2,5-6H2,1H3,(H,18,19)(H2,16,17,20)/b8-4+. The first-order valence-electron chi connectivity index (χ1n) is 6.70. The van der Waals surface area contributed by atoms with Gasteiger partial charge in [-0.2, -0.15) is 0 Å². The van der Waals surface area contributed by atoms with Crippen LogP contribution in [0.4, 0.5) is 10.5 Å². The number of aryl methyl sites for hydroxylation is 1. The monoisotopic (exact) mass is 274 g/mol. The first-order valence-corrected chi connectivity index (χ1v) is 6.70. The zero-order chi connectivity index (χ0) is 14.5. The van der Waals surface area contributed by atoms with Gasteiger partial charge in [-0.3, -0.25) is 0 Å². The van der Waals surface area contributed by atoms with Gasteiger partial charge in [0.05, 0.1) is 0 Å². The minimum Gasteiger partial charge on any atom is -0.478 e. The Morgan fingerprint density at radius 3 is 2.75 bits per heavy atom. The number of carboxylic acid groups (broad SMARTS) is 1. The van der Waals surface area contributed by atoms with Crippen LogP contribution in [0.25, 0.3) is 6.08 Å². The fourth-order valence-electron chi connectivity index (χ4n) is 1.87. The minimum atomic E-state index is -0.978. The number of anilines is 1. The van der Waals surface area contributed by atoms with Crippen LogP contribution in [0.3, 0.4) is 0 Å². The molecule has 20 heavy (non-hydrogen) atoms. The van der Waals surface area contributed by atoms with Crippen molar-refractivity contribution in [3.63, 3.8) is 0 Å². The topological polar surface area (TPSA) is 78.4 Å². The molecule has 0 saturated heterocycles. The molecule has 1 aromatic rings. The number of hydrogen-bond acceptors (Lipinski definition) is 2. The van der Waals surface area contributed by atoms with Crippen LogP contribution in [0.5, 0.6) is 0 Å². The van der Waals surface area contributed by atoms with Crippen molar-refractivity contribution >= 4 is 23.8 Å². The third kappa shape index (κ3) is 4.12. The number of carboxylic acids is 1. The predicted molar refractivity (Wildman–Crippen MR) is 77.7 cm³/mol. The summed E-state index contributed by atoms with van der Waals surface area (Å²) >= 11 is 0. The van der Waals surface area contributed by atoms with Crippen molar-refractivity contribution in [3.8, 4) is 0 Å². The summed E-state index contributed by atoms with van der Waals surface area (Å²) in [7, 11) is 0. The van der Waals surface area contributed by atoms with Crippen molar-refractivity contribution in [3.05, 3.63) is 35.4 Å². The maximum absolute atomic E-state index is 11.7. The molecule has 0 aromatic heterocycles. The highest BCUT2D eigenvalue weighted by molar-refractivity contribution is 5.91. The Hall–Kier alpha value is -2.30. The lowest BCUT2D eigenvalue weighted by Gasteiger charge is -2.11. The molecule has 2 rings (SSSR count). The lowest BCUT2D eigenvalue weighted by molar-refractivity contribution is -0.131. The highest BCUT2D eigenvalue weighted by Gasteiger charge is 2.23. The minimum absolute atomic E-state index is 0.184. The molecule has 1 aliphatic carbocycles. The highest BCUT2D eigenvalue weighted by Crippen LogP contribution is 2.21. The molecule has 1 saturated carbocycles. The highest BCUT2D eigenvalue weighted by atomic mass is 16.4. The van der Waals surface area contributed by atoms with E-state index in [1.807, 2.05) is 13.0 Å². The van der Waals surface area contributed by atoms with Crippen LogP contribution in [-0.4, -0.2) is 23.1 Å². The van der Waals surface area contributed by atoms with Gasteiger partial charge in [-0.15, -0.1) is 0 Å². The first-order chi connectivity index (χ1) is 9.58. The molecule has 0 atom stereocenters. The zero-order valence-corrected chi connectivity index (χ0v) is 11.3. The number of benzene rings is 1.